The molecule has 0 unspecified atom stereocenters. The van der Waals surface area contributed by atoms with Crippen LogP contribution in [0.3, 0.4) is 0 Å². The normalized spacial score (nSPS) is 18.6. The highest BCUT2D eigenvalue weighted by molar-refractivity contribution is 5.77. The van der Waals surface area contributed by atoms with Crippen LogP contribution in [0.4, 0.5) is 0 Å². The van der Waals surface area contributed by atoms with Crippen molar-refractivity contribution in [3.8, 4) is 0 Å². The van der Waals surface area contributed by atoms with Gasteiger partial charge >= 0.3 is 0 Å². The van der Waals surface area contributed by atoms with Gasteiger partial charge in [-0.3, -0.25) is 0 Å². The smallest absolute Gasteiger partial charge is 0.137 e. The molecule has 1 aliphatic rings. The number of nitrogens with zero attached hydrogens (tertiary/aromatic N) is 3. The maximum absolute atomic E-state index is 4.79. The Balaban J connectivity index is 1.84. The third-order valence-corrected chi connectivity index (χ3v) is 4.18. The first-order valence-corrected chi connectivity index (χ1v) is 7.29. The van der Waals surface area contributed by atoms with Gasteiger partial charge in [-0.1, -0.05) is 42.5 Å². The third-order valence-electron chi connectivity index (χ3n) is 4.18. The fourth-order valence-electron chi connectivity index (χ4n) is 3.16. The fourth-order valence-corrected chi connectivity index (χ4v) is 3.16. The first-order valence-electron chi connectivity index (χ1n) is 7.29. The molecule has 1 atom stereocenters. The van der Waals surface area contributed by atoms with Crippen molar-refractivity contribution in [2.45, 2.75) is 12.5 Å². The molecule has 3 heteroatoms. The van der Waals surface area contributed by atoms with E-state index in [9.17, 15) is 0 Å². The van der Waals surface area contributed by atoms with Crippen LogP contribution in [0.25, 0.3) is 10.9 Å². The molecule has 2 heterocycles. The molecule has 0 spiro atoms. The summed E-state index contributed by atoms with van der Waals surface area (Å²) >= 11 is 0. The summed E-state index contributed by atoms with van der Waals surface area (Å²) in [7, 11) is 2.16. The fraction of sp³-hybridized carbons (Fsp3) is 0.222. The Labute approximate surface area is 124 Å². The van der Waals surface area contributed by atoms with E-state index < -0.39 is 0 Å². The molecule has 0 N–H and O–H groups in total. The van der Waals surface area contributed by atoms with Gasteiger partial charge in [0.05, 0.1) is 11.4 Å². The van der Waals surface area contributed by atoms with Crippen LogP contribution in [-0.4, -0.2) is 28.5 Å². The van der Waals surface area contributed by atoms with E-state index in [1.165, 1.54) is 11.1 Å². The monoisotopic (exact) mass is 275 g/mol. The molecule has 21 heavy (non-hydrogen) atoms. The van der Waals surface area contributed by atoms with Gasteiger partial charge in [0.2, 0.25) is 0 Å². The summed E-state index contributed by atoms with van der Waals surface area (Å²) < 4.78 is 0. The number of fused-ring (bicyclic) bond motifs is 2. The van der Waals surface area contributed by atoms with E-state index in [-0.39, 0.29) is 5.92 Å². The lowest BCUT2D eigenvalue weighted by Gasteiger charge is -2.31. The Morgan fingerprint density at radius 1 is 1.05 bits per heavy atom. The summed E-state index contributed by atoms with van der Waals surface area (Å²) in [5.41, 5.74) is 3.77. The minimum atomic E-state index is 0.254. The predicted molar refractivity (Wildman–Crippen MR) is 84.2 cm³/mol. The van der Waals surface area contributed by atoms with Gasteiger partial charge in [-0.05, 0) is 24.2 Å². The first-order chi connectivity index (χ1) is 10.3. The van der Waals surface area contributed by atoms with Crippen LogP contribution >= 0.6 is 0 Å². The molecule has 104 valence electrons. The maximum atomic E-state index is 4.79. The van der Waals surface area contributed by atoms with Crippen LogP contribution in [0.2, 0.25) is 0 Å². The van der Waals surface area contributed by atoms with E-state index >= 15 is 0 Å². The van der Waals surface area contributed by atoms with E-state index in [0.717, 1.165) is 29.8 Å². The van der Waals surface area contributed by atoms with E-state index in [2.05, 4.69) is 53.3 Å². The van der Waals surface area contributed by atoms with E-state index in [4.69, 9.17) is 4.98 Å². The summed E-state index contributed by atoms with van der Waals surface area (Å²) in [6, 6.07) is 16.8. The van der Waals surface area contributed by atoms with E-state index in [1.54, 1.807) is 0 Å². The van der Waals surface area contributed by atoms with E-state index in [0.29, 0.717) is 0 Å². The number of hydrogen-bond donors (Lipinski definition) is 0. The second-order valence-corrected chi connectivity index (χ2v) is 5.74. The zero-order valence-corrected chi connectivity index (χ0v) is 12.0. The summed E-state index contributed by atoms with van der Waals surface area (Å²) in [5.74, 6) is 1.18. The Bertz CT molecular complexity index is 797. The maximum Gasteiger partial charge on any atom is 0.137 e. The second kappa shape index (κ2) is 4.93. The number of para-hydroxylation sites is 1. The quantitative estimate of drug-likeness (QED) is 0.683. The Hall–Kier alpha value is -2.26. The lowest BCUT2D eigenvalue weighted by molar-refractivity contribution is 0.291. The lowest BCUT2D eigenvalue weighted by atomic mass is 9.89. The van der Waals surface area contributed by atoms with Crippen molar-refractivity contribution in [2.24, 2.45) is 0 Å². The largest absolute Gasteiger partial charge is 0.301 e. The van der Waals surface area contributed by atoms with Crippen molar-refractivity contribution in [1.29, 1.82) is 0 Å². The summed E-state index contributed by atoms with van der Waals surface area (Å²) in [6.07, 6.45) is 1.94. The molecule has 0 saturated carbocycles. The summed E-state index contributed by atoms with van der Waals surface area (Å²) in [6.45, 7) is 1.97. The third kappa shape index (κ3) is 2.20. The van der Waals surface area contributed by atoms with Gasteiger partial charge in [0, 0.05) is 24.7 Å². The van der Waals surface area contributed by atoms with Crippen LogP contribution in [0.5, 0.6) is 0 Å². The number of aromatic nitrogens is 2. The highest BCUT2D eigenvalue weighted by atomic mass is 15.1. The van der Waals surface area contributed by atoms with Crippen molar-refractivity contribution in [2.75, 3.05) is 13.6 Å². The van der Waals surface area contributed by atoms with Crippen LogP contribution < -0.4 is 0 Å². The number of rotatable bonds is 1. The van der Waals surface area contributed by atoms with Crippen molar-refractivity contribution in [3.05, 3.63) is 71.7 Å². The van der Waals surface area contributed by atoms with Crippen molar-refractivity contribution >= 4 is 10.9 Å². The zero-order chi connectivity index (χ0) is 14.2. The van der Waals surface area contributed by atoms with Crippen molar-refractivity contribution in [1.82, 2.24) is 14.9 Å². The second-order valence-electron chi connectivity index (χ2n) is 5.74. The van der Waals surface area contributed by atoms with Gasteiger partial charge in [-0.15, -0.1) is 0 Å². The Morgan fingerprint density at radius 2 is 1.86 bits per heavy atom. The molecule has 1 aliphatic heterocycles. The molecule has 3 aromatic rings. The number of benzene rings is 2. The Morgan fingerprint density at radius 3 is 2.81 bits per heavy atom. The standard InChI is InChI=1S/C18H17N3/c1-21-11-14-7-2-4-8-15(14)16(12-21)18-19-10-13-6-3-5-9-17(13)20-18/h2-10,16H,11-12H2,1H3/t16-/m1/s1. The molecular formula is C18H17N3. The molecular weight excluding hydrogens is 258 g/mol. The average molecular weight is 275 g/mol. The lowest BCUT2D eigenvalue weighted by Crippen LogP contribution is -2.31. The molecule has 0 bridgehead atoms. The molecule has 2 aromatic carbocycles. The average Bonchev–Trinajstić information content (AvgIpc) is 2.53. The van der Waals surface area contributed by atoms with Gasteiger partial charge < -0.3 is 4.90 Å². The summed E-state index contributed by atoms with van der Waals surface area (Å²) in [4.78, 5) is 11.8. The molecule has 0 aliphatic carbocycles. The first kappa shape index (κ1) is 12.5. The Kier molecular flexibility index (Phi) is 2.93. The summed E-state index contributed by atoms with van der Waals surface area (Å²) in [5, 5.41) is 1.10. The zero-order valence-electron chi connectivity index (χ0n) is 12.0. The molecule has 0 radical (unpaired) electrons. The highest BCUT2D eigenvalue weighted by Gasteiger charge is 2.26. The predicted octanol–water partition coefficient (Wildman–Crippen LogP) is 3.21. The van der Waals surface area contributed by atoms with Crippen LogP contribution in [-0.2, 0) is 6.54 Å². The molecule has 4 rings (SSSR count). The van der Waals surface area contributed by atoms with Gasteiger partial charge in [-0.25, -0.2) is 9.97 Å². The van der Waals surface area contributed by atoms with Gasteiger partial charge in [-0.2, -0.15) is 0 Å². The number of likely N-dealkylation sites (N-methyl/N-ethyl adjacent to an activating group) is 1. The van der Waals surface area contributed by atoms with Gasteiger partial charge in [0.15, 0.2) is 0 Å². The number of hydrogen-bond acceptors (Lipinski definition) is 3. The van der Waals surface area contributed by atoms with Crippen LogP contribution in [0.1, 0.15) is 22.9 Å². The molecule has 0 fully saturated rings. The van der Waals surface area contributed by atoms with Crippen LogP contribution in [0, 0.1) is 0 Å². The molecule has 0 amide bonds. The van der Waals surface area contributed by atoms with Gasteiger partial charge in [0.25, 0.3) is 0 Å². The highest BCUT2D eigenvalue weighted by Crippen LogP contribution is 2.31. The minimum absolute atomic E-state index is 0.254. The minimum Gasteiger partial charge on any atom is -0.301 e. The topological polar surface area (TPSA) is 29.0 Å². The van der Waals surface area contributed by atoms with Crippen molar-refractivity contribution < 1.29 is 0 Å². The molecule has 1 aromatic heterocycles. The van der Waals surface area contributed by atoms with Crippen molar-refractivity contribution in [3.63, 3.8) is 0 Å². The molecule has 0 saturated heterocycles. The van der Waals surface area contributed by atoms with Gasteiger partial charge in [0.1, 0.15) is 5.82 Å². The SMILES string of the molecule is CN1Cc2ccccc2[C@H](c2ncc3ccccc3n2)C1. The molecule has 3 nitrogen and oxygen atoms in total. The van der Waals surface area contributed by atoms with E-state index in [1.807, 2.05) is 18.3 Å². The van der Waals surface area contributed by atoms with Crippen LogP contribution in [0.15, 0.2) is 54.7 Å².